The van der Waals surface area contributed by atoms with Gasteiger partial charge in [-0.15, -0.1) is 0 Å². The Bertz CT molecular complexity index is 375. The highest BCUT2D eigenvalue weighted by atomic mass is 16.7. The van der Waals surface area contributed by atoms with Gasteiger partial charge in [-0.2, -0.15) is 0 Å². The highest BCUT2D eigenvalue weighted by Crippen LogP contribution is 2.28. The average Bonchev–Trinajstić information content (AvgIpc) is 3.19. The Hall–Kier alpha value is -1.06. The summed E-state index contributed by atoms with van der Waals surface area (Å²) >= 11 is 0. The molecule has 1 N–H and O–H groups in total. The molecule has 0 bridgehead atoms. The van der Waals surface area contributed by atoms with Crippen LogP contribution < -0.4 is 10.1 Å². The van der Waals surface area contributed by atoms with E-state index in [0.717, 1.165) is 31.4 Å². The molecule has 106 valence electrons. The Kier molecular flexibility index (Phi) is 5.67. The second-order valence-corrected chi connectivity index (χ2v) is 5.75. The fourth-order valence-electron chi connectivity index (χ4n) is 1.86. The van der Waals surface area contributed by atoms with Crippen LogP contribution in [0.15, 0.2) is 24.3 Å². The molecule has 0 heterocycles. The fourth-order valence-corrected chi connectivity index (χ4v) is 1.86. The van der Waals surface area contributed by atoms with Gasteiger partial charge >= 0.3 is 0 Å². The van der Waals surface area contributed by atoms with E-state index < -0.39 is 0 Å². The van der Waals surface area contributed by atoms with E-state index in [4.69, 9.17) is 9.47 Å². The van der Waals surface area contributed by atoms with Gasteiger partial charge in [0.15, 0.2) is 6.79 Å². The van der Waals surface area contributed by atoms with Crippen LogP contribution in [-0.4, -0.2) is 19.9 Å². The minimum absolute atomic E-state index is 0.360. The van der Waals surface area contributed by atoms with E-state index in [9.17, 15) is 0 Å². The molecule has 0 saturated heterocycles. The van der Waals surface area contributed by atoms with Crippen molar-refractivity contribution in [1.29, 1.82) is 0 Å². The molecule has 0 atom stereocenters. The van der Waals surface area contributed by atoms with Crippen molar-refractivity contribution in [3.8, 4) is 5.75 Å². The topological polar surface area (TPSA) is 30.5 Å². The second kappa shape index (κ2) is 7.51. The molecule has 0 radical (unpaired) electrons. The summed E-state index contributed by atoms with van der Waals surface area (Å²) < 4.78 is 11.1. The SMILES string of the molecule is CC(C)CNCc1cccc(OCOCC2CC2)c1. The zero-order chi connectivity index (χ0) is 13.5. The van der Waals surface area contributed by atoms with Crippen LogP contribution in [0, 0.1) is 11.8 Å². The zero-order valence-electron chi connectivity index (χ0n) is 12.0. The number of nitrogens with one attached hydrogen (secondary N) is 1. The first kappa shape index (κ1) is 14.4. The van der Waals surface area contributed by atoms with Crippen molar-refractivity contribution in [3.05, 3.63) is 29.8 Å². The highest BCUT2D eigenvalue weighted by molar-refractivity contribution is 5.28. The molecule has 0 amide bonds. The largest absolute Gasteiger partial charge is 0.468 e. The summed E-state index contributed by atoms with van der Waals surface area (Å²) in [4.78, 5) is 0. The quantitative estimate of drug-likeness (QED) is 0.548. The molecule has 0 spiro atoms. The van der Waals surface area contributed by atoms with Crippen LogP contribution in [0.2, 0.25) is 0 Å². The lowest BCUT2D eigenvalue weighted by Crippen LogP contribution is -2.18. The van der Waals surface area contributed by atoms with Crippen LogP contribution in [0.1, 0.15) is 32.3 Å². The van der Waals surface area contributed by atoms with Crippen molar-refractivity contribution >= 4 is 0 Å². The summed E-state index contributed by atoms with van der Waals surface area (Å²) in [6.07, 6.45) is 2.63. The van der Waals surface area contributed by atoms with Crippen molar-refractivity contribution in [2.75, 3.05) is 19.9 Å². The van der Waals surface area contributed by atoms with E-state index in [1.807, 2.05) is 12.1 Å². The van der Waals surface area contributed by atoms with E-state index in [1.54, 1.807) is 0 Å². The van der Waals surface area contributed by atoms with Gasteiger partial charge in [-0.3, -0.25) is 0 Å². The van der Waals surface area contributed by atoms with Gasteiger partial charge in [-0.1, -0.05) is 26.0 Å². The standard InChI is InChI=1S/C16H25NO2/c1-13(2)9-17-10-15-4-3-5-16(8-15)19-12-18-11-14-6-7-14/h3-5,8,13-14,17H,6-7,9-12H2,1-2H3. The molecule has 1 aliphatic rings. The van der Waals surface area contributed by atoms with E-state index in [2.05, 4.69) is 31.3 Å². The fraction of sp³-hybridized carbons (Fsp3) is 0.625. The Morgan fingerprint density at radius 1 is 1.32 bits per heavy atom. The van der Waals surface area contributed by atoms with Crippen molar-refractivity contribution < 1.29 is 9.47 Å². The smallest absolute Gasteiger partial charge is 0.189 e. The molecule has 2 rings (SSSR count). The van der Waals surface area contributed by atoms with Gasteiger partial charge < -0.3 is 14.8 Å². The van der Waals surface area contributed by atoms with Crippen molar-refractivity contribution in [2.45, 2.75) is 33.2 Å². The van der Waals surface area contributed by atoms with E-state index in [1.165, 1.54) is 18.4 Å². The van der Waals surface area contributed by atoms with Gasteiger partial charge in [0.1, 0.15) is 5.75 Å². The number of hydrogen-bond donors (Lipinski definition) is 1. The van der Waals surface area contributed by atoms with Gasteiger partial charge in [0.2, 0.25) is 0 Å². The van der Waals surface area contributed by atoms with Crippen LogP contribution in [0.25, 0.3) is 0 Å². The molecule has 0 aliphatic heterocycles. The summed E-state index contributed by atoms with van der Waals surface area (Å²) in [6.45, 7) is 7.55. The molecule has 1 aromatic rings. The molecular weight excluding hydrogens is 238 g/mol. The summed E-state index contributed by atoms with van der Waals surface area (Å²) in [5.74, 6) is 2.35. The summed E-state index contributed by atoms with van der Waals surface area (Å²) in [5.41, 5.74) is 1.25. The predicted molar refractivity (Wildman–Crippen MR) is 77.2 cm³/mol. The zero-order valence-corrected chi connectivity index (χ0v) is 12.0. The maximum atomic E-state index is 5.60. The molecule has 19 heavy (non-hydrogen) atoms. The molecule has 1 aliphatic carbocycles. The molecule has 3 heteroatoms. The van der Waals surface area contributed by atoms with E-state index in [0.29, 0.717) is 12.7 Å². The van der Waals surface area contributed by atoms with Crippen molar-refractivity contribution in [3.63, 3.8) is 0 Å². The molecule has 1 fully saturated rings. The van der Waals surface area contributed by atoms with Gasteiger partial charge in [-0.05, 0) is 48.9 Å². The van der Waals surface area contributed by atoms with Crippen LogP contribution in [0.4, 0.5) is 0 Å². The number of ether oxygens (including phenoxy) is 2. The third-order valence-corrected chi connectivity index (χ3v) is 3.14. The van der Waals surface area contributed by atoms with Crippen LogP contribution >= 0.6 is 0 Å². The molecule has 1 saturated carbocycles. The number of benzene rings is 1. The highest BCUT2D eigenvalue weighted by Gasteiger charge is 2.21. The van der Waals surface area contributed by atoms with Crippen molar-refractivity contribution in [1.82, 2.24) is 5.32 Å². The monoisotopic (exact) mass is 263 g/mol. The third kappa shape index (κ3) is 6.08. The Morgan fingerprint density at radius 3 is 2.89 bits per heavy atom. The van der Waals surface area contributed by atoms with Crippen LogP contribution in [0.3, 0.4) is 0 Å². The summed E-state index contributed by atoms with van der Waals surface area (Å²) in [6, 6.07) is 8.20. The van der Waals surface area contributed by atoms with Gasteiger partial charge in [0.05, 0.1) is 6.61 Å². The first-order valence-corrected chi connectivity index (χ1v) is 7.24. The van der Waals surface area contributed by atoms with E-state index in [-0.39, 0.29) is 0 Å². The first-order chi connectivity index (χ1) is 9.24. The van der Waals surface area contributed by atoms with Gasteiger partial charge in [-0.25, -0.2) is 0 Å². The van der Waals surface area contributed by atoms with Gasteiger partial charge in [0.25, 0.3) is 0 Å². The lowest BCUT2D eigenvalue weighted by molar-refractivity contribution is 0.00994. The number of hydrogen-bond acceptors (Lipinski definition) is 3. The van der Waals surface area contributed by atoms with Crippen LogP contribution in [0.5, 0.6) is 5.75 Å². The van der Waals surface area contributed by atoms with Gasteiger partial charge in [0, 0.05) is 6.54 Å². The molecule has 0 aromatic heterocycles. The lowest BCUT2D eigenvalue weighted by atomic mass is 10.2. The predicted octanol–water partition coefficient (Wildman–Crippen LogP) is 3.20. The second-order valence-electron chi connectivity index (χ2n) is 5.75. The Morgan fingerprint density at radius 2 is 2.16 bits per heavy atom. The summed E-state index contributed by atoms with van der Waals surface area (Å²) in [5, 5.41) is 3.43. The Balaban J connectivity index is 1.67. The number of rotatable bonds is 9. The molecular formula is C16H25NO2. The molecule has 0 unspecified atom stereocenters. The normalized spacial score (nSPS) is 14.9. The summed E-state index contributed by atoms with van der Waals surface area (Å²) in [7, 11) is 0. The maximum absolute atomic E-state index is 5.60. The minimum atomic E-state index is 0.360. The molecule has 1 aromatic carbocycles. The lowest BCUT2D eigenvalue weighted by Gasteiger charge is -2.10. The van der Waals surface area contributed by atoms with Crippen LogP contribution in [-0.2, 0) is 11.3 Å². The van der Waals surface area contributed by atoms with Crippen molar-refractivity contribution in [2.24, 2.45) is 11.8 Å². The molecule has 3 nitrogen and oxygen atoms in total. The third-order valence-electron chi connectivity index (χ3n) is 3.14. The van der Waals surface area contributed by atoms with E-state index >= 15 is 0 Å². The average molecular weight is 263 g/mol. The first-order valence-electron chi connectivity index (χ1n) is 7.24. The Labute approximate surface area is 116 Å². The minimum Gasteiger partial charge on any atom is -0.468 e. The maximum Gasteiger partial charge on any atom is 0.189 e.